The molecule has 0 heterocycles. The van der Waals surface area contributed by atoms with Crippen LogP contribution in [0.25, 0.3) is 0 Å². The summed E-state index contributed by atoms with van der Waals surface area (Å²) in [5.41, 5.74) is 6.37. The molecule has 1 aliphatic rings. The molecule has 0 radical (unpaired) electrons. The topological polar surface area (TPSA) is 146 Å². The minimum atomic E-state index is -0.634. The van der Waals surface area contributed by atoms with Gasteiger partial charge in [-0.2, -0.15) is 0 Å². The predicted octanol–water partition coefficient (Wildman–Crippen LogP) is 5.14. The van der Waals surface area contributed by atoms with E-state index in [0.29, 0.717) is 18.7 Å². The Morgan fingerprint density at radius 2 is 1.64 bits per heavy atom. The Morgan fingerprint density at radius 3 is 2.32 bits per heavy atom. The number of ketones is 1. The van der Waals surface area contributed by atoms with Gasteiger partial charge in [-0.05, 0) is 71.2 Å². The van der Waals surface area contributed by atoms with E-state index in [2.05, 4.69) is 5.32 Å². The Kier molecular flexibility index (Phi) is 12.4. The number of nitrogen functional groups attached to an aromatic ring is 1. The molecule has 3 N–H and O–H groups in total. The molecule has 2 aromatic rings. The molecule has 0 aliphatic heterocycles. The first kappa shape index (κ1) is 34.2. The monoisotopic (exact) mass is 611 g/mol. The molecule has 2 amide bonds. The van der Waals surface area contributed by atoms with E-state index < -0.39 is 30.1 Å². The van der Waals surface area contributed by atoms with E-state index in [1.54, 1.807) is 63.9 Å². The van der Waals surface area contributed by atoms with Crippen molar-refractivity contribution in [3.63, 3.8) is 0 Å². The summed E-state index contributed by atoms with van der Waals surface area (Å²) in [6, 6.07) is 9.82. The van der Waals surface area contributed by atoms with Gasteiger partial charge in [0.05, 0.1) is 35.6 Å². The van der Waals surface area contributed by atoms with Gasteiger partial charge in [-0.25, -0.2) is 9.59 Å². The molecular formula is C33H45N3O8. The van der Waals surface area contributed by atoms with Gasteiger partial charge in [0.15, 0.2) is 12.4 Å². The van der Waals surface area contributed by atoms with Crippen LogP contribution in [0, 0.1) is 0 Å². The lowest BCUT2D eigenvalue weighted by Gasteiger charge is -2.31. The minimum Gasteiger partial charge on any atom is -0.493 e. The van der Waals surface area contributed by atoms with Crippen LogP contribution in [0.2, 0.25) is 0 Å². The number of carbonyl (C=O) groups excluding carboxylic acids is 4. The average molecular weight is 612 g/mol. The highest BCUT2D eigenvalue weighted by atomic mass is 16.6. The number of benzene rings is 2. The van der Waals surface area contributed by atoms with Crippen molar-refractivity contribution in [3.05, 3.63) is 53.1 Å². The van der Waals surface area contributed by atoms with Crippen molar-refractivity contribution in [2.75, 3.05) is 39.1 Å². The number of nitrogens with two attached hydrogens (primary N) is 1. The summed E-state index contributed by atoms with van der Waals surface area (Å²) in [5, 5.41) is 2.67. The van der Waals surface area contributed by atoms with Crippen molar-refractivity contribution >= 4 is 29.4 Å². The first-order chi connectivity index (χ1) is 20.9. The number of nitrogens with zero attached hydrogens (tertiary/aromatic N) is 1. The zero-order valence-electron chi connectivity index (χ0n) is 26.4. The lowest BCUT2D eigenvalue weighted by Crippen LogP contribution is -2.38. The Hall–Kier alpha value is -4.28. The van der Waals surface area contributed by atoms with E-state index in [4.69, 9.17) is 24.7 Å². The van der Waals surface area contributed by atoms with Crippen LogP contribution < -0.4 is 20.5 Å². The molecule has 240 valence electrons. The predicted molar refractivity (Wildman–Crippen MR) is 166 cm³/mol. The van der Waals surface area contributed by atoms with Crippen LogP contribution >= 0.6 is 0 Å². The molecule has 0 bridgehead atoms. The molecule has 0 aromatic heterocycles. The molecule has 2 aromatic carbocycles. The molecule has 0 unspecified atom stereocenters. The highest BCUT2D eigenvalue weighted by Crippen LogP contribution is 2.35. The number of esters is 1. The number of amides is 2. The fourth-order valence-corrected chi connectivity index (χ4v) is 4.96. The maximum Gasteiger partial charge on any atom is 0.407 e. The van der Waals surface area contributed by atoms with Crippen LogP contribution in [-0.2, 0) is 14.3 Å². The fraction of sp³-hybridized carbons (Fsp3) is 0.515. The maximum absolute atomic E-state index is 13.9. The number of hydrogen-bond acceptors (Lipinski definition) is 9. The summed E-state index contributed by atoms with van der Waals surface area (Å²) < 4.78 is 21.9. The zero-order chi connectivity index (χ0) is 32.3. The number of para-hydroxylation sites is 1. The highest BCUT2D eigenvalue weighted by Gasteiger charge is 2.28. The Labute approximate surface area is 259 Å². The molecule has 0 saturated heterocycles. The SMILES string of the molecule is CCOC(=O)COc1c(C(=O)c2ccccc2OCCCNC(=O)OC(C)(C)C)ccc(C(=O)N(C)C2CCCCC2)c1N. The van der Waals surface area contributed by atoms with Crippen LogP contribution in [0.1, 0.15) is 92.5 Å². The van der Waals surface area contributed by atoms with Crippen LogP contribution in [0.5, 0.6) is 11.5 Å². The summed E-state index contributed by atoms with van der Waals surface area (Å²) in [7, 11) is 1.76. The van der Waals surface area contributed by atoms with Gasteiger partial charge in [0.2, 0.25) is 5.78 Å². The van der Waals surface area contributed by atoms with E-state index >= 15 is 0 Å². The fourth-order valence-electron chi connectivity index (χ4n) is 4.96. The van der Waals surface area contributed by atoms with Gasteiger partial charge in [-0.3, -0.25) is 9.59 Å². The summed E-state index contributed by atoms with van der Waals surface area (Å²) in [6.07, 6.45) is 5.04. The molecule has 1 aliphatic carbocycles. The van der Waals surface area contributed by atoms with Gasteiger partial charge in [0.1, 0.15) is 11.4 Å². The number of rotatable bonds is 13. The third-order valence-electron chi connectivity index (χ3n) is 7.13. The van der Waals surface area contributed by atoms with Crippen molar-refractivity contribution in [2.45, 2.75) is 77.9 Å². The quantitative estimate of drug-likeness (QED) is 0.136. The summed E-state index contributed by atoms with van der Waals surface area (Å²) in [6.45, 7) is 7.23. The Bertz CT molecular complexity index is 1310. The van der Waals surface area contributed by atoms with E-state index in [0.717, 1.165) is 32.1 Å². The second kappa shape index (κ2) is 16.0. The van der Waals surface area contributed by atoms with Gasteiger partial charge < -0.3 is 34.9 Å². The Balaban J connectivity index is 1.82. The van der Waals surface area contributed by atoms with Crippen LogP contribution in [0.3, 0.4) is 0 Å². The van der Waals surface area contributed by atoms with E-state index in [1.807, 2.05) is 0 Å². The van der Waals surface area contributed by atoms with Gasteiger partial charge in [0.25, 0.3) is 5.91 Å². The minimum absolute atomic E-state index is 0.0283. The molecule has 1 fully saturated rings. The van der Waals surface area contributed by atoms with Crippen molar-refractivity contribution < 1.29 is 38.1 Å². The molecule has 0 spiro atoms. The maximum atomic E-state index is 13.9. The normalized spacial score (nSPS) is 13.5. The van der Waals surface area contributed by atoms with E-state index in [9.17, 15) is 19.2 Å². The van der Waals surface area contributed by atoms with E-state index in [1.165, 1.54) is 12.1 Å². The summed E-state index contributed by atoms with van der Waals surface area (Å²) in [4.78, 5) is 53.1. The van der Waals surface area contributed by atoms with E-state index in [-0.39, 0.29) is 53.3 Å². The second-order valence-electron chi connectivity index (χ2n) is 11.7. The van der Waals surface area contributed by atoms with Crippen LogP contribution in [0.15, 0.2) is 36.4 Å². The summed E-state index contributed by atoms with van der Waals surface area (Å²) in [5.74, 6) is -1.12. The first-order valence-corrected chi connectivity index (χ1v) is 15.1. The molecule has 1 saturated carbocycles. The van der Waals surface area contributed by atoms with Crippen molar-refractivity contribution in [2.24, 2.45) is 0 Å². The van der Waals surface area contributed by atoms with Gasteiger partial charge in [0, 0.05) is 19.6 Å². The molecule has 11 heteroatoms. The molecule has 0 atom stereocenters. The largest absolute Gasteiger partial charge is 0.493 e. The lowest BCUT2D eigenvalue weighted by atomic mass is 9.93. The van der Waals surface area contributed by atoms with Gasteiger partial charge >= 0.3 is 12.1 Å². The van der Waals surface area contributed by atoms with Crippen molar-refractivity contribution in [3.8, 4) is 11.5 Å². The number of nitrogens with one attached hydrogen (secondary N) is 1. The van der Waals surface area contributed by atoms with Crippen LogP contribution in [0.4, 0.5) is 10.5 Å². The van der Waals surface area contributed by atoms with Gasteiger partial charge in [-0.15, -0.1) is 0 Å². The smallest absolute Gasteiger partial charge is 0.407 e. The number of carbonyl (C=O) groups is 4. The Morgan fingerprint density at radius 1 is 0.955 bits per heavy atom. The lowest BCUT2D eigenvalue weighted by molar-refractivity contribution is -0.145. The molecule has 11 nitrogen and oxygen atoms in total. The molecule has 3 rings (SSSR count). The molecule has 44 heavy (non-hydrogen) atoms. The van der Waals surface area contributed by atoms with Gasteiger partial charge in [-0.1, -0.05) is 31.4 Å². The first-order valence-electron chi connectivity index (χ1n) is 15.1. The van der Waals surface area contributed by atoms with Crippen LogP contribution in [-0.4, -0.2) is 73.7 Å². The standard InChI is InChI=1S/C33H45N3O8/c1-6-41-27(37)21-43-30-25(18-17-24(28(30)34)31(39)36(5)22-13-8-7-9-14-22)29(38)23-15-10-11-16-26(23)42-20-12-19-35-32(40)44-33(2,3)4/h10-11,15-18,22H,6-9,12-14,19-21,34H2,1-5H3,(H,35,40). The highest BCUT2D eigenvalue weighted by molar-refractivity contribution is 6.14. The molecular weight excluding hydrogens is 566 g/mol. The average Bonchev–Trinajstić information content (AvgIpc) is 2.99. The second-order valence-corrected chi connectivity index (χ2v) is 11.7. The zero-order valence-corrected chi connectivity index (χ0v) is 26.4. The van der Waals surface area contributed by atoms with Crippen molar-refractivity contribution in [1.29, 1.82) is 0 Å². The summed E-state index contributed by atoms with van der Waals surface area (Å²) >= 11 is 0. The third kappa shape index (κ3) is 9.62. The number of ether oxygens (including phenoxy) is 4. The number of anilines is 1. The third-order valence-corrected chi connectivity index (χ3v) is 7.13. The number of hydrogen-bond donors (Lipinski definition) is 2. The van der Waals surface area contributed by atoms with Crippen molar-refractivity contribution in [1.82, 2.24) is 10.2 Å². The number of alkyl carbamates (subject to hydrolysis) is 1.